The standard InChI is InChI=1S/C17H16N2S/c1-12-4-2-3-5-14(12)11-20-16-7-6-13-10-19-9-8-15(13)17(16)18/h2-10H,11,18H2,1H3. The summed E-state index contributed by atoms with van der Waals surface area (Å²) >= 11 is 1.78. The van der Waals surface area contributed by atoms with Crippen LogP contribution in [0.4, 0.5) is 5.69 Å². The molecule has 0 aliphatic rings. The normalized spacial score (nSPS) is 10.8. The molecule has 2 N–H and O–H groups in total. The second-order valence-electron chi connectivity index (χ2n) is 4.79. The zero-order valence-corrected chi connectivity index (χ0v) is 12.2. The van der Waals surface area contributed by atoms with Gasteiger partial charge in [0, 0.05) is 33.8 Å². The molecule has 1 aromatic heterocycles. The van der Waals surface area contributed by atoms with Crippen LogP contribution in [0.1, 0.15) is 11.1 Å². The summed E-state index contributed by atoms with van der Waals surface area (Å²) in [4.78, 5) is 5.26. The monoisotopic (exact) mass is 280 g/mol. The molecule has 0 spiro atoms. The number of nitrogens with two attached hydrogens (primary N) is 1. The molecule has 100 valence electrons. The summed E-state index contributed by atoms with van der Waals surface area (Å²) in [6.45, 7) is 2.14. The Bertz CT molecular complexity index is 753. The smallest absolute Gasteiger partial charge is 0.0533 e. The van der Waals surface area contributed by atoms with Crippen molar-refractivity contribution in [1.82, 2.24) is 4.98 Å². The van der Waals surface area contributed by atoms with E-state index in [0.29, 0.717) is 0 Å². The summed E-state index contributed by atoms with van der Waals surface area (Å²) in [5.74, 6) is 0.938. The fourth-order valence-electron chi connectivity index (χ4n) is 2.23. The maximum absolute atomic E-state index is 6.27. The van der Waals surface area contributed by atoms with Crippen molar-refractivity contribution in [3.8, 4) is 0 Å². The van der Waals surface area contributed by atoms with Crippen molar-refractivity contribution in [2.24, 2.45) is 0 Å². The topological polar surface area (TPSA) is 38.9 Å². The zero-order valence-electron chi connectivity index (χ0n) is 11.3. The van der Waals surface area contributed by atoms with Crippen LogP contribution < -0.4 is 5.73 Å². The Morgan fingerprint density at radius 3 is 2.80 bits per heavy atom. The van der Waals surface area contributed by atoms with Gasteiger partial charge in [0.2, 0.25) is 0 Å². The second-order valence-corrected chi connectivity index (χ2v) is 5.81. The first kappa shape index (κ1) is 13.0. The van der Waals surface area contributed by atoms with Gasteiger partial charge in [-0.3, -0.25) is 4.98 Å². The molecule has 0 unspecified atom stereocenters. The maximum Gasteiger partial charge on any atom is 0.0533 e. The van der Waals surface area contributed by atoms with Crippen LogP contribution in [0.3, 0.4) is 0 Å². The van der Waals surface area contributed by atoms with E-state index in [-0.39, 0.29) is 0 Å². The largest absolute Gasteiger partial charge is 0.397 e. The lowest BCUT2D eigenvalue weighted by atomic mass is 10.1. The summed E-state index contributed by atoms with van der Waals surface area (Å²) in [5.41, 5.74) is 9.80. The first-order valence-electron chi connectivity index (χ1n) is 6.55. The summed E-state index contributed by atoms with van der Waals surface area (Å²) in [7, 11) is 0. The Kier molecular flexibility index (Phi) is 3.61. The number of nitrogens with zero attached hydrogens (tertiary/aromatic N) is 1. The molecule has 0 radical (unpaired) electrons. The Morgan fingerprint density at radius 1 is 1.10 bits per heavy atom. The van der Waals surface area contributed by atoms with Gasteiger partial charge >= 0.3 is 0 Å². The summed E-state index contributed by atoms with van der Waals surface area (Å²) in [6, 6.07) is 14.6. The van der Waals surface area contributed by atoms with Gasteiger partial charge in [-0.15, -0.1) is 11.8 Å². The molecule has 3 heteroatoms. The average molecular weight is 280 g/mol. The van der Waals surface area contributed by atoms with Crippen LogP contribution in [-0.4, -0.2) is 4.98 Å². The average Bonchev–Trinajstić information content (AvgIpc) is 2.48. The number of benzene rings is 2. The minimum absolute atomic E-state index is 0.850. The zero-order chi connectivity index (χ0) is 13.9. The lowest BCUT2D eigenvalue weighted by Gasteiger charge is -2.10. The predicted molar refractivity (Wildman–Crippen MR) is 86.9 cm³/mol. The summed E-state index contributed by atoms with van der Waals surface area (Å²) in [5, 5.41) is 2.17. The first-order valence-corrected chi connectivity index (χ1v) is 7.54. The molecular weight excluding hydrogens is 264 g/mol. The highest BCUT2D eigenvalue weighted by molar-refractivity contribution is 7.98. The predicted octanol–water partition coefficient (Wildman–Crippen LogP) is 4.42. The number of nitrogen functional groups attached to an aromatic ring is 1. The van der Waals surface area contributed by atoms with Gasteiger partial charge in [0.15, 0.2) is 0 Å². The number of aryl methyl sites for hydroxylation is 1. The van der Waals surface area contributed by atoms with Gasteiger partial charge in [0.05, 0.1) is 5.69 Å². The van der Waals surface area contributed by atoms with Crippen molar-refractivity contribution in [2.45, 2.75) is 17.6 Å². The first-order chi connectivity index (χ1) is 9.75. The molecule has 0 amide bonds. The lowest BCUT2D eigenvalue weighted by Crippen LogP contribution is -1.92. The van der Waals surface area contributed by atoms with E-state index in [2.05, 4.69) is 48.3 Å². The molecule has 0 fully saturated rings. The SMILES string of the molecule is Cc1ccccc1CSc1ccc2cnccc2c1N. The van der Waals surface area contributed by atoms with Crippen molar-refractivity contribution in [1.29, 1.82) is 0 Å². The fraction of sp³-hybridized carbons (Fsp3) is 0.118. The molecule has 20 heavy (non-hydrogen) atoms. The minimum atomic E-state index is 0.850. The molecule has 3 rings (SSSR count). The Balaban J connectivity index is 1.88. The molecule has 2 aromatic carbocycles. The van der Waals surface area contributed by atoms with E-state index in [0.717, 1.165) is 27.1 Å². The van der Waals surface area contributed by atoms with Crippen molar-refractivity contribution in [3.63, 3.8) is 0 Å². The number of hydrogen-bond acceptors (Lipinski definition) is 3. The van der Waals surface area contributed by atoms with E-state index in [1.165, 1.54) is 11.1 Å². The van der Waals surface area contributed by atoms with Crippen LogP contribution in [0, 0.1) is 6.92 Å². The number of rotatable bonds is 3. The molecule has 2 nitrogen and oxygen atoms in total. The van der Waals surface area contributed by atoms with Crippen molar-refractivity contribution < 1.29 is 0 Å². The van der Waals surface area contributed by atoms with Crippen LogP contribution in [0.5, 0.6) is 0 Å². The van der Waals surface area contributed by atoms with E-state index in [4.69, 9.17) is 5.73 Å². The van der Waals surface area contributed by atoms with Crippen molar-refractivity contribution >= 4 is 28.2 Å². The molecule has 0 atom stereocenters. The number of fused-ring (bicyclic) bond motifs is 1. The van der Waals surface area contributed by atoms with Gasteiger partial charge in [0.1, 0.15) is 0 Å². The third-order valence-corrected chi connectivity index (χ3v) is 4.59. The Labute approximate surface area is 123 Å². The lowest BCUT2D eigenvalue weighted by molar-refractivity contribution is 1.30. The van der Waals surface area contributed by atoms with Gasteiger partial charge in [-0.1, -0.05) is 30.3 Å². The van der Waals surface area contributed by atoms with Crippen molar-refractivity contribution in [2.75, 3.05) is 5.73 Å². The van der Waals surface area contributed by atoms with Gasteiger partial charge in [0.25, 0.3) is 0 Å². The molecule has 0 aliphatic heterocycles. The summed E-state index contributed by atoms with van der Waals surface area (Å²) < 4.78 is 0. The highest BCUT2D eigenvalue weighted by Crippen LogP contribution is 2.33. The quantitative estimate of drug-likeness (QED) is 0.570. The number of hydrogen-bond donors (Lipinski definition) is 1. The third kappa shape index (κ3) is 2.49. The third-order valence-electron chi connectivity index (χ3n) is 3.47. The van der Waals surface area contributed by atoms with Gasteiger partial charge in [-0.2, -0.15) is 0 Å². The van der Waals surface area contributed by atoms with E-state index >= 15 is 0 Å². The van der Waals surface area contributed by atoms with E-state index in [9.17, 15) is 0 Å². The molecule has 1 heterocycles. The van der Waals surface area contributed by atoms with E-state index in [1.807, 2.05) is 12.3 Å². The van der Waals surface area contributed by atoms with Crippen molar-refractivity contribution in [3.05, 3.63) is 66.0 Å². The van der Waals surface area contributed by atoms with Gasteiger partial charge in [-0.05, 0) is 30.2 Å². The maximum atomic E-state index is 6.27. The Morgan fingerprint density at radius 2 is 1.95 bits per heavy atom. The molecule has 0 bridgehead atoms. The second kappa shape index (κ2) is 5.55. The number of thioether (sulfide) groups is 1. The highest BCUT2D eigenvalue weighted by Gasteiger charge is 2.06. The van der Waals surface area contributed by atoms with Crippen LogP contribution in [0.15, 0.2) is 59.8 Å². The Hall–Kier alpha value is -2.00. The van der Waals surface area contributed by atoms with Crippen LogP contribution >= 0.6 is 11.8 Å². The number of anilines is 1. The number of pyridine rings is 1. The number of aromatic nitrogens is 1. The molecule has 0 saturated carbocycles. The van der Waals surface area contributed by atoms with Crippen LogP contribution in [0.25, 0.3) is 10.8 Å². The molecule has 3 aromatic rings. The fourth-order valence-corrected chi connectivity index (χ4v) is 3.29. The van der Waals surface area contributed by atoms with E-state index in [1.54, 1.807) is 18.0 Å². The van der Waals surface area contributed by atoms with Crippen LogP contribution in [0.2, 0.25) is 0 Å². The highest BCUT2D eigenvalue weighted by atomic mass is 32.2. The van der Waals surface area contributed by atoms with Gasteiger partial charge < -0.3 is 5.73 Å². The molecule has 0 saturated heterocycles. The minimum Gasteiger partial charge on any atom is -0.397 e. The van der Waals surface area contributed by atoms with Gasteiger partial charge in [-0.25, -0.2) is 0 Å². The summed E-state index contributed by atoms with van der Waals surface area (Å²) in [6.07, 6.45) is 3.63. The molecule has 0 aliphatic carbocycles. The van der Waals surface area contributed by atoms with Crippen LogP contribution in [-0.2, 0) is 5.75 Å². The molecular formula is C17H16N2S. The van der Waals surface area contributed by atoms with E-state index < -0.39 is 0 Å².